The molecule has 1 atom stereocenters. The van der Waals surface area contributed by atoms with Gasteiger partial charge in [0.1, 0.15) is 24.3 Å². The lowest BCUT2D eigenvalue weighted by atomic mass is 10.0. The number of ether oxygens (including phenoxy) is 2. The van der Waals surface area contributed by atoms with Crippen LogP contribution in [0.2, 0.25) is 25.7 Å². The van der Waals surface area contributed by atoms with E-state index in [1.165, 1.54) is 0 Å². The van der Waals surface area contributed by atoms with Crippen molar-refractivity contribution in [3.05, 3.63) is 37.2 Å². The Hall–Kier alpha value is -2.98. The van der Waals surface area contributed by atoms with Crippen molar-refractivity contribution in [1.82, 2.24) is 24.8 Å². The molecule has 1 saturated heterocycles. The van der Waals surface area contributed by atoms with E-state index in [9.17, 15) is 4.79 Å². The van der Waals surface area contributed by atoms with Crippen molar-refractivity contribution in [3.8, 4) is 11.1 Å². The van der Waals surface area contributed by atoms with Gasteiger partial charge in [0, 0.05) is 69.7 Å². The van der Waals surface area contributed by atoms with Crippen LogP contribution in [0, 0.1) is 0 Å². The van der Waals surface area contributed by atoms with Gasteiger partial charge < -0.3 is 24.3 Å². The van der Waals surface area contributed by atoms with Crippen molar-refractivity contribution in [2.75, 3.05) is 24.6 Å². The van der Waals surface area contributed by atoms with Gasteiger partial charge in [-0.2, -0.15) is 0 Å². The molecule has 3 aromatic rings. The van der Waals surface area contributed by atoms with Crippen LogP contribution in [0.15, 0.2) is 37.2 Å². The van der Waals surface area contributed by atoms with Gasteiger partial charge in [-0.25, -0.2) is 19.7 Å². The number of carbonyl (C=O) groups excluding carboxylic acids is 1. The summed E-state index contributed by atoms with van der Waals surface area (Å²) in [6, 6.07) is 3.17. The monoisotopic (exact) mass is 524 g/mol. The lowest BCUT2D eigenvalue weighted by molar-refractivity contribution is 0.0500. The molecule has 10 heteroatoms. The Kier molecular flexibility index (Phi) is 8.18. The minimum absolute atomic E-state index is 0.00214. The zero-order valence-electron chi connectivity index (χ0n) is 23.0. The molecule has 9 nitrogen and oxygen atoms in total. The average molecular weight is 525 g/mol. The second kappa shape index (κ2) is 11.2. The Bertz CT molecular complexity index is 1200. The second-order valence-corrected chi connectivity index (χ2v) is 17.6. The van der Waals surface area contributed by atoms with E-state index in [1.807, 2.05) is 39.4 Å². The Morgan fingerprint density at radius 2 is 1.97 bits per heavy atom. The van der Waals surface area contributed by atoms with Crippen LogP contribution in [0.5, 0.6) is 0 Å². The highest BCUT2D eigenvalue weighted by Crippen LogP contribution is 2.37. The summed E-state index contributed by atoms with van der Waals surface area (Å²) in [5.74, 6) is 0. The fraction of sp³-hybridized carbons (Fsp3) is 0.556. The maximum atomic E-state index is 12.4. The largest absolute Gasteiger partial charge is 0.444 e. The van der Waals surface area contributed by atoms with Crippen molar-refractivity contribution in [3.63, 3.8) is 0 Å². The first-order valence-corrected chi connectivity index (χ1v) is 16.8. The Balaban J connectivity index is 1.62. The molecular formula is C27H40N6O3Si. The van der Waals surface area contributed by atoms with E-state index in [4.69, 9.17) is 14.5 Å². The van der Waals surface area contributed by atoms with E-state index in [0.29, 0.717) is 13.3 Å². The Labute approximate surface area is 220 Å². The summed E-state index contributed by atoms with van der Waals surface area (Å²) in [6.45, 7) is 15.5. The molecule has 0 unspecified atom stereocenters. The number of alkyl carbamates (subject to hydrolysis) is 1. The smallest absolute Gasteiger partial charge is 0.407 e. The zero-order chi connectivity index (χ0) is 26.6. The van der Waals surface area contributed by atoms with Crippen LogP contribution in [-0.4, -0.2) is 65.0 Å². The fourth-order valence-corrected chi connectivity index (χ4v) is 5.30. The molecule has 200 valence electrons. The summed E-state index contributed by atoms with van der Waals surface area (Å²) < 4.78 is 13.7. The lowest BCUT2D eigenvalue weighted by Crippen LogP contribution is -2.49. The molecular weight excluding hydrogens is 484 g/mol. The number of nitrogens with one attached hydrogen (secondary N) is 1. The Morgan fingerprint density at radius 3 is 2.68 bits per heavy atom. The molecule has 0 aromatic carbocycles. The van der Waals surface area contributed by atoms with Crippen LogP contribution in [0.4, 0.5) is 10.5 Å². The maximum Gasteiger partial charge on any atom is 0.407 e. The minimum atomic E-state index is -1.17. The van der Waals surface area contributed by atoms with Crippen LogP contribution in [0.25, 0.3) is 22.2 Å². The number of fused-ring (bicyclic) bond motifs is 1. The number of hydrogen-bond acceptors (Lipinski definition) is 7. The topological polar surface area (TPSA) is 94.4 Å². The standard InChI is InChI=1S/C27H40N6O3Si/c1-27(2,3)36-26(34)31-21-8-7-11-32(16-21)23-9-10-30-25-24(23)22(20-14-28-18-29-15-20)17-33(25)19-35-12-13-37(4,5)6/h9-10,14-15,17-18,21H,7-8,11-13,16,19H2,1-6H3,(H,31,34)/t21-/m0/s1. The summed E-state index contributed by atoms with van der Waals surface area (Å²) in [6.07, 6.45) is 10.7. The van der Waals surface area contributed by atoms with E-state index in [1.54, 1.807) is 6.33 Å². The summed E-state index contributed by atoms with van der Waals surface area (Å²) >= 11 is 0. The molecule has 0 aliphatic carbocycles. The molecule has 0 spiro atoms. The van der Waals surface area contributed by atoms with Gasteiger partial charge in [-0.3, -0.25) is 0 Å². The summed E-state index contributed by atoms with van der Waals surface area (Å²) in [7, 11) is -1.17. The number of amides is 1. The number of pyridine rings is 1. The summed E-state index contributed by atoms with van der Waals surface area (Å²) in [5.41, 5.74) is 3.38. The zero-order valence-corrected chi connectivity index (χ0v) is 24.0. The molecule has 1 aliphatic heterocycles. The third kappa shape index (κ3) is 7.29. The van der Waals surface area contributed by atoms with Crippen molar-refractivity contribution < 1.29 is 14.3 Å². The van der Waals surface area contributed by atoms with Gasteiger partial charge in [0.25, 0.3) is 0 Å². The molecule has 4 heterocycles. The number of aromatic nitrogens is 4. The van der Waals surface area contributed by atoms with Crippen molar-refractivity contribution in [2.24, 2.45) is 0 Å². The van der Waals surface area contributed by atoms with Crippen molar-refractivity contribution in [1.29, 1.82) is 0 Å². The molecule has 0 radical (unpaired) electrons. The number of piperidine rings is 1. The molecule has 4 rings (SSSR count). The van der Waals surface area contributed by atoms with Gasteiger partial charge in [0.2, 0.25) is 0 Å². The number of hydrogen-bond donors (Lipinski definition) is 1. The lowest BCUT2D eigenvalue weighted by Gasteiger charge is -2.35. The molecule has 1 amide bonds. The quantitative estimate of drug-likeness (QED) is 0.316. The second-order valence-electron chi connectivity index (χ2n) is 11.9. The first-order valence-electron chi connectivity index (χ1n) is 13.1. The SMILES string of the molecule is CC(C)(C)OC(=O)N[C@H]1CCCN(c2ccnc3c2c(-c2cncnc2)cn3COCC[Si](C)(C)C)C1. The third-order valence-corrected chi connectivity index (χ3v) is 8.02. The normalized spacial score (nSPS) is 16.7. The number of nitrogens with zero attached hydrogens (tertiary/aromatic N) is 5. The highest BCUT2D eigenvalue weighted by atomic mass is 28.3. The predicted octanol–water partition coefficient (Wildman–Crippen LogP) is 5.30. The van der Waals surface area contributed by atoms with Gasteiger partial charge in [0.15, 0.2) is 0 Å². The molecule has 37 heavy (non-hydrogen) atoms. The Morgan fingerprint density at radius 1 is 1.22 bits per heavy atom. The minimum Gasteiger partial charge on any atom is -0.444 e. The van der Waals surface area contributed by atoms with Crippen LogP contribution >= 0.6 is 0 Å². The fourth-order valence-electron chi connectivity index (χ4n) is 4.55. The van der Waals surface area contributed by atoms with Gasteiger partial charge in [-0.05, 0) is 45.7 Å². The van der Waals surface area contributed by atoms with Gasteiger partial charge in [-0.15, -0.1) is 0 Å². The van der Waals surface area contributed by atoms with Crippen LogP contribution in [0.1, 0.15) is 33.6 Å². The first-order chi connectivity index (χ1) is 17.5. The van der Waals surface area contributed by atoms with E-state index in [0.717, 1.165) is 59.9 Å². The molecule has 0 bridgehead atoms. The summed E-state index contributed by atoms with van der Waals surface area (Å²) in [5, 5.41) is 4.11. The van der Waals surface area contributed by atoms with E-state index < -0.39 is 13.7 Å². The maximum absolute atomic E-state index is 12.4. The highest BCUT2D eigenvalue weighted by Gasteiger charge is 2.27. The molecule has 1 fully saturated rings. The molecule has 1 aliphatic rings. The van der Waals surface area contributed by atoms with Crippen LogP contribution < -0.4 is 10.2 Å². The number of rotatable bonds is 8. The average Bonchev–Trinajstić information content (AvgIpc) is 3.19. The van der Waals surface area contributed by atoms with Crippen molar-refractivity contribution in [2.45, 2.75) is 77.7 Å². The third-order valence-electron chi connectivity index (χ3n) is 6.32. The van der Waals surface area contributed by atoms with Gasteiger partial charge >= 0.3 is 6.09 Å². The van der Waals surface area contributed by atoms with Gasteiger partial charge in [-0.1, -0.05) is 19.6 Å². The number of anilines is 1. The van der Waals surface area contributed by atoms with Crippen LogP contribution in [-0.2, 0) is 16.2 Å². The van der Waals surface area contributed by atoms with Crippen LogP contribution in [0.3, 0.4) is 0 Å². The molecule has 1 N–H and O–H groups in total. The van der Waals surface area contributed by atoms with E-state index >= 15 is 0 Å². The first kappa shape index (κ1) is 27.1. The van der Waals surface area contributed by atoms with E-state index in [2.05, 4.69) is 56.7 Å². The molecule has 3 aromatic heterocycles. The molecule has 0 saturated carbocycles. The number of carbonyl (C=O) groups is 1. The predicted molar refractivity (Wildman–Crippen MR) is 149 cm³/mol. The van der Waals surface area contributed by atoms with Gasteiger partial charge in [0.05, 0.1) is 11.1 Å². The van der Waals surface area contributed by atoms with E-state index in [-0.39, 0.29) is 12.1 Å². The van der Waals surface area contributed by atoms with Crippen molar-refractivity contribution >= 4 is 30.9 Å². The highest BCUT2D eigenvalue weighted by molar-refractivity contribution is 6.76. The summed E-state index contributed by atoms with van der Waals surface area (Å²) in [4.78, 5) is 28.0.